The number of carbonyl (C=O) groups is 1. The Morgan fingerprint density at radius 3 is 2.75 bits per heavy atom. The van der Waals surface area contributed by atoms with Crippen LogP contribution in [0.25, 0.3) is 0 Å². The molecular formula is C16H24N2O2. The zero-order valence-corrected chi connectivity index (χ0v) is 12.4. The Balaban J connectivity index is 1.96. The van der Waals surface area contributed by atoms with E-state index in [0.29, 0.717) is 17.2 Å². The van der Waals surface area contributed by atoms with Gasteiger partial charge in [-0.15, -0.1) is 0 Å². The highest BCUT2D eigenvalue weighted by atomic mass is 16.3. The smallest absolute Gasteiger partial charge is 0.254 e. The Morgan fingerprint density at radius 1 is 1.40 bits per heavy atom. The van der Waals surface area contributed by atoms with Gasteiger partial charge in [-0.3, -0.25) is 4.79 Å². The van der Waals surface area contributed by atoms with E-state index in [-0.39, 0.29) is 11.7 Å². The summed E-state index contributed by atoms with van der Waals surface area (Å²) in [5.41, 5.74) is 1.29. The Labute approximate surface area is 120 Å². The molecule has 1 aliphatic rings. The number of aromatic hydroxyl groups is 1. The summed E-state index contributed by atoms with van der Waals surface area (Å²) in [7, 11) is 0. The van der Waals surface area contributed by atoms with Gasteiger partial charge in [-0.25, -0.2) is 0 Å². The molecule has 0 spiro atoms. The third-order valence-electron chi connectivity index (χ3n) is 4.00. The highest BCUT2D eigenvalue weighted by Crippen LogP contribution is 2.22. The zero-order chi connectivity index (χ0) is 14.5. The molecule has 4 nitrogen and oxygen atoms in total. The number of nitrogens with zero attached hydrogens (tertiary/aromatic N) is 1. The van der Waals surface area contributed by atoms with Crippen LogP contribution < -0.4 is 5.32 Å². The molecule has 4 heteroatoms. The van der Waals surface area contributed by atoms with Crippen molar-refractivity contribution in [2.24, 2.45) is 0 Å². The Hall–Kier alpha value is -1.55. The van der Waals surface area contributed by atoms with Gasteiger partial charge in [-0.05, 0) is 44.9 Å². The molecule has 1 aromatic carbocycles. The van der Waals surface area contributed by atoms with E-state index in [1.807, 2.05) is 4.90 Å². The highest BCUT2D eigenvalue weighted by Gasteiger charge is 2.24. The van der Waals surface area contributed by atoms with Gasteiger partial charge >= 0.3 is 0 Å². The van der Waals surface area contributed by atoms with E-state index in [1.165, 1.54) is 0 Å². The Morgan fingerprint density at radius 2 is 2.10 bits per heavy atom. The summed E-state index contributed by atoms with van der Waals surface area (Å²) in [6.07, 6.45) is 3.15. The van der Waals surface area contributed by atoms with Crippen LogP contribution in [0.3, 0.4) is 0 Å². The minimum Gasteiger partial charge on any atom is -0.508 e. The molecule has 1 aliphatic heterocycles. The van der Waals surface area contributed by atoms with Crippen molar-refractivity contribution in [2.75, 3.05) is 19.6 Å². The van der Waals surface area contributed by atoms with Gasteiger partial charge in [0.25, 0.3) is 5.91 Å². The lowest BCUT2D eigenvalue weighted by atomic mass is 10.0. The number of amides is 1. The number of hydrogen-bond donors (Lipinski definition) is 2. The Bertz CT molecular complexity index is 466. The number of nitrogens with one attached hydrogen (secondary N) is 1. The van der Waals surface area contributed by atoms with Crippen LogP contribution in [0.4, 0.5) is 0 Å². The van der Waals surface area contributed by atoms with Crippen LogP contribution in [0.2, 0.25) is 0 Å². The minimum atomic E-state index is 0.0346. The second-order valence-electron chi connectivity index (χ2n) is 5.47. The van der Waals surface area contributed by atoms with Crippen LogP contribution in [0.15, 0.2) is 18.2 Å². The number of phenols is 1. The molecule has 1 fully saturated rings. The highest BCUT2D eigenvalue weighted by molar-refractivity contribution is 5.96. The minimum absolute atomic E-state index is 0.0346. The van der Waals surface area contributed by atoms with E-state index in [9.17, 15) is 9.90 Å². The molecule has 0 aliphatic carbocycles. The van der Waals surface area contributed by atoms with Gasteiger partial charge in [0.05, 0.1) is 0 Å². The fourth-order valence-corrected chi connectivity index (χ4v) is 2.66. The summed E-state index contributed by atoms with van der Waals surface area (Å²) < 4.78 is 0. The van der Waals surface area contributed by atoms with Gasteiger partial charge in [0.1, 0.15) is 5.75 Å². The van der Waals surface area contributed by atoms with E-state index in [0.717, 1.165) is 38.9 Å². The van der Waals surface area contributed by atoms with Gasteiger partial charge in [-0.2, -0.15) is 0 Å². The predicted molar refractivity (Wildman–Crippen MR) is 80.1 cm³/mol. The maximum Gasteiger partial charge on any atom is 0.254 e. The monoisotopic (exact) mass is 276 g/mol. The number of piperidine rings is 1. The van der Waals surface area contributed by atoms with Crippen molar-refractivity contribution >= 4 is 5.91 Å². The Kier molecular flexibility index (Phi) is 5.01. The average Bonchev–Trinajstić information content (AvgIpc) is 2.48. The number of rotatable bonds is 4. The van der Waals surface area contributed by atoms with Crippen LogP contribution >= 0.6 is 0 Å². The van der Waals surface area contributed by atoms with Gasteiger partial charge < -0.3 is 15.3 Å². The van der Waals surface area contributed by atoms with Crippen LogP contribution in [0.1, 0.15) is 42.1 Å². The van der Waals surface area contributed by atoms with Crippen molar-refractivity contribution in [3.8, 4) is 5.75 Å². The van der Waals surface area contributed by atoms with Crippen molar-refractivity contribution in [2.45, 2.75) is 39.2 Å². The fraction of sp³-hybridized carbons (Fsp3) is 0.562. The number of likely N-dealkylation sites (tertiary alicyclic amines) is 1. The standard InChI is InChI=1S/C16H24N2O2/c1-3-9-17-13-7-10-18(11-8-13)16(20)14-5-4-6-15(19)12(14)2/h4-6,13,17,19H,3,7-11H2,1-2H3. The number of benzene rings is 1. The summed E-state index contributed by atoms with van der Waals surface area (Å²) in [6.45, 7) is 6.57. The molecule has 0 bridgehead atoms. The maximum absolute atomic E-state index is 12.5. The molecule has 1 amide bonds. The number of hydrogen-bond acceptors (Lipinski definition) is 3. The molecule has 110 valence electrons. The van der Waals surface area contributed by atoms with Crippen LogP contribution in [0.5, 0.6) is 5.75 Å². The van der Waals surface area contributed by atoms with E-state index >= 15 is 0 Å². The van der Waals surface area contributed by atoms with E-state index in [4.69, 9.17) is 0 Å². The first-order valence-electron chi connectivity index (χ1n) is 7.44. The van der Waals surface area contributed by atoms with Crippen molar-refractivity contribution in [3.63, 3.8) is 0 Å². The van der Waals surface area contributed by atoms with Crippen molar-refractivity contribution < 1.29 is 9.90 Å². The van der Waals surface area contributed by atoms with Gasteiger partial charge in [0.2, 0.25) is 0 Å². The lowest BCUT2D eigenvalue weighted by molar-refractivity contribution is 0.0704. The zero-order valence-electron chi connectivity index (χ0n) is 12.4. The molecule has 0 radical (unpaired) electrons. The van der Waals surface area contributed by atoms with Crippen LogP contribution in [-0.2, 0) is 0 Å². The number of phenolic OH excluding ortho intramolecular Hbond substituents is 1. The molecule has 0 aromatic heterocycles. The lowest BCUT2D eigenvalue weighted by Gasteiger charge is -2.33. The molecule has 0 saturated carbocycles. The normalized spacial score (nSPS) is 16.4. The van der Waals surface area contributed by atoms with Crippen LogP contribution in [-0.4, -0.2) is 41.6 Å². The van der Waals surface area contributed by atoms with Crippen molar-refractivity contribution in [1.29, 1.82) is 0 Å². The van der Waals surface area contributed by atoms with Crippen molar-refractivity contribution in [3.05, 3.63) is 29.3 Å². The SMILES string of the molecule is CCCNC1CCN(C(=O)c2cccc(O)c2C)CC1. The summed E-state index contributed by atoms with van der Waals surface area (Å²) >= 11 is 0. The lowest BCUT2D eigenvalue weighted by Crippen LogP contribution is -2.45. The molecule has 2 N–H and O–H groups in total. The molecule has 0 unspecified atom stereocenters. The molecule has 20 heavy (non-hydrogen) atoms. The second-order valence-corrected chi connectivity index (χ2v) is 5.47. The van der Waals surface area contributed by atoms with Gasteiger partial charge in [0, 0.05) is 30.3 Å². The summed E-state index contributed by atoms with van der Waals surface area (Å²) in [4.78, 5) is 14.4. The third-order valence-corrected chi connectivity index (χ3v) is 4.00. The van der Waals surface area contributed by atoms with E-state index in [1.54, 1.807) is 25.1 Å². The molecule has 0 atom stereocenters. The molecular weight excluding hydrogens is 252 g/mol. The predicted octanol–water partition coefficient (Wildman–Crippen LogP) is 2.30. The average molecular weight is 276 g/mol. The largest absolute Gasteiger partial charge is 0.508 e. The first-order valence-corrected chi connectivity index (χ1v) is 7.44. The molecule has 1 aromatic rings. The summed E-state index contributed by atoms with van der Waals surface area (Å²) in [6, 6.07) is 5.67. The van der Waals surface area contributed by atoms with Gasteiger partial charge in [-0.1, -0.05) is 13.0 Å². The quantitative estimate of drug-likeness (QED) is 0.887. The maximum atomic E-state index is 12.5. The second kappa shape index (κ2) is 6.75. The molecule has 1 heterocycles. The van der Waals surface area contributed by atoms with E-state index < -0.39 is 0 Å². The summed E-state index contributed by atoms with van der Waals surface area (Å²) in [5, 5.41) is 13.2. The molecule has 2 rings (SSSR count). The fourth-order valence-electron chi connectivity index (χ4n) is 2.66. The van der Waals surface area contributed by atoms with Crippen molar-refractivity contribution in [1.82, 2.24) is 10.2 Å². The van der Waals surface area contributed by atoms with Gasteiger partial charge in [0.15, 0.2) is 0 Å². The molecule has 1 saturated heterocycles. The van der Waals surface area contributed by atoms with E-state index in [2.05, 4.69) is 12.2 Å². The third kappa shape index (κ3) is 3.31. The summed E-state index contributed by atoms with van der Waals surface area (Å²) in [5.74, 6) is 0.225. The number of carbonyl (C=O) groups excluding carboxylic acids is 1. The first kappa shape index (κ1) is 14.9. The van der Waals surface area contributed by atoms with Crippen LogP contribution in [0, 0.1) is 6.92 Å². The topological polar surface area (TPSA) is 52.6 Å². The first-order chi connectivity index (χ1) is 9.63.